The predicted octanol–water partition coefficient (Wildman–Crippen LogP) is 0.871. The van der Waals surface area contributed by atoms with Gasteiger partial charge in [-0.05, 0) is 38.8 Å². The van der Waals surface area contributed by atoms with Crippen LogP contribution in [-0.4, -0.2) is 50.7 Å². The van der Waals surface area contributed by atoms with Gasteiger partial charge in [0.05, 0.1) is 6.61 Å². The van der Waals surface area contributed by atoms with Crippen LogP contribution < -0.4 is 5.32 Å². The van der Waals surface area contributed by atoms with Crippen LogP contribution in [0.25, 0.3) is 0 Å². The fraction of sp³-hybridized carbons (Fsp3) is 0.917. The Kier molecular flexibility index (Phi) is 6.42. The maximum absolute atomic E-state index is 11.4. The highest BCUT2D eigenvalue weighted by atomic mass is 16.5. The zero-order valence-electron chi connectivity index (χ0n) is 10.5. The molecule has 0 aromatic heterocycles. The number of hydrogen-bond donors (Lipinski definition) is 1. The van der Waals surface area contributed by atoms with Crippen LogP contribution in [0.5, 0.6) is 0 Å². The van der Waals surface area contributed by atoms with Gasteiger partial charge in [-0.2, -0.15) is 0 Å². The van der Waals surface area contributed by atoms with Gasteiger partial charge in [-0.3, -0.25) is 4.79 Å². The van der Waals surface area contributed by atoms with Gasteiger partial charge < -0.3 is 15.0 Å². The lowest BCUT2D eigenvalue weighted by atomic mass is 9.93. The molecular formula is C12H24N2O2. The zero-order valence-corrected chi connectivity index (χ0v) is 10.5. The highest BCUT2D eigenvalue weighted by molar-refractivity contribution is 5.76. The molecule has 0 aliphatic carbocycles. The largest absolute Gasteiger partial charge is 0.383 e. The average molecular weight is 228 g/mol. The molecule has 1 fully saturated rings. The van der Waals surface area contributed by atoms with E-state index < -0.39 is 0 Å². The van der Waals surface area contributed by atoms with E-state index in [0.29, 0.717) is 12.3 Å². The molecule has 1 rings (SSSR count). The first-order valence-corrected chi connectivity index (χ1v) is 6.24. The van der Waals surface area contributed by atoms with Crippen LogP contribution in [0.3, 0.4) is 0 Å². The first-order chi connectivity index (χ1) is 7.76. The molecule has 0 bridgehead atoms. The molecule has 0 aromatic rings. The number of rotatable bonds is 6. The number of methoxy groups -OCH3 is 1. The van der Waals surface area contributed by atoms with Gasteiger partial charge in [0, 0.05) is 26.6 Å². The molecule has 1 N–H and O–H groups in total. The molecule has 1 amide bonds. The summed E-state index contributed by atoms with van der Waals surface area (Å²) in [5.41, 5.74) is 0. The van der Waals surface area contributed by atoms with E-state index in [4.69, 9.17) is 4.74 Å². The van der Waals surface area contributed by atoms with Crippen molar-refractivity contribution in [1.29, 1.82) is 0 Å². The van der Waals surface area contributed by atoms with Crippen LogP contribution in [0.4, 0.5) is 0 Å². The van der Waals surface area contributed by atoms with Gasteiger partial charge in [0.15, 0.2) is 0 Å². The van der Waals surface area contributed by atoms with E-state index in [0.717, 1.165) is 45.6 Å². The molecule has 94 valence electrons. The van der Waals surface area contributed by atoms with Crippen molar-refractivity contribution in [2.75, 3.05) is 39.9 Å². The van der Waals surface area contributed by atoms with Gasteiger partial charge in [0.1, 0.15) is 0 Å². The summed E-state index contributed by atoms with van der Waals surface area (Å²) in [6, 6.07) is 0. The molecule has 1 saturated heterocycles. The number of hydrogen-bond acceptors (Lipinski definition) is 3. The molecule has 1 aliphatic heterocycles. The summed E-state index contributed by atoms with van der Waals surface area (Å²) in [6.45, 7) is 6.74. The third kappa shape index (κ3) is 4.94. The van der Waals surface area contributed by atoms with Crippen molar-refractivity contribution in [2.45, 2.75) is 26.2 Å². The van der Waals surface area contributed by atoms with Crippen LogP contribution in [0.2, 0.25) is 0 Å². The molecule has 1 heterocycles. The second-order valence-corrected chi connectivity index (χ2v) is 4.44. The fourth-order valence-electron chi connectivity index (χ4n) is 2.17. The van der Waals surface area contributed by atoms with Crippen molar-refractivity contribution in [3.63, 3.8) is 0 Å². The maximum atomic E-state index is 11.4. The average Bonchev–Trinajstić information content (AvgIpc) is 2.28. The van der Waals surface area contributed by atoms with Crippen molar-refractivity contribution in [3.05, 3.63) is 0 Å². The smallest absolute Gasteiger partial charge is 0.220 e. The highest BCUT2D eigenvalue weighted by Gasteiger charge is 2.20. The van der Waals surface area contributed by atoms with Gasteiger partial charge in [0.2, 0.25) is 5.91 Å². The summed E-state index contributed by atoms with van der Waals surface area (Å²) in [5.74, 6) is 0.781. The zero-order chi connectivity index (χ0) is 11.8. The van der Waals surface area contributed by atoms with Crippen LogP contribution in [0.1, 0.15) is 26.2 Å². The quantitative estimate of drug-likeness (QED) is 0.733. The molecule has 0 saturated carbocycles. The monoisotopic (exact) mass is 228 g/mol. The molecule has 0 aromatic carbocycles. The molecule has 0 spiro atoms. The standard InChI is InChI=1S/C12H24N2O2/c1-3-13-12(15)10-11-4-6-14(7-5-11)8-9-16-2/h11H,3-10H2,1-2H3,(H,13,15). The third-order valence-corrected chi connectivity index (χ3v) is 3.17. The normalized spacial score (nSPS) is 18.6. The maximum Gasteiger partial charge on any atom is 0.220 e. The minimum atomic E-state index is 0.206. The Morgan fingerprint density at radius 3 is 2.69 bits per heavy atom. The Morgan fingerprint density at radius 2 is 2.12 bits per heavy atom. The van der Waals surface area contributed by atoms with E-state index in [2.05, 4.69) is 10.2 Å². The number of ether oxygens (including phenoxy) is 1. The number of carbonyl (C=O) groups is 1. The lowest BCUT2D eigenvalue weighted by Gasteiger charge is -2.31. The van der Waals surface area contributed by atoms with E-state index >= 15 is 0 Å². The number of piperidine rings is 1. The summed E-state index contributed by atoms with van der Waals surface area (Å²) in [5, 5.41) is 2.87. The fourth-order valence-corrected chi connectivity index (χ4v) is 2.17. The van der Waals surface area contributed by atoms with Gasteiger partial charge in [-0.25, -0.2) is 0 Å². The topological polar surface area (TPSA) is 41.6 Å². The molecule has 4 nitrogen and oxygen atoms in total. The first kappa shape index (κ1) is 13.5. The number of nitrogens with zero attached hydrogens (tertiary/aromatic N) is 1. The lowest BCUT2D eigenvalue weighted by molar-refractivity contribution is -0.122. The predicted molar refractivity (Wildman–Crippen MR) is 64.3 cm³/mol. The second kappa shape index (κ2) is 7.63. The highest BCUT2D eigenvalue weighted by Crippen LogP contribution is 2.19. The minimum Gasteiger partial charge on any atom is -0.383 e. The Labute approximate surface area is 98.3 Å². The molecular weight excluding hydrogens is 204 g/mol. The number of likely N-dealkylation sites (tertiary alicyclic amines) is 1. The minimum absolute atomic E-state index is 0.206. The van der Waals surface area contributed by atoms with Crippen molar-refractivity contribution < 1.29 is 9.53 Å². The van der Waals surface area contributed by atoms with Crippen molar-refractivity contribution in [1.82, 2.24) is 10.2 Å². The Balaban J connectivity index is 2.14. The van der Waals surface area contributed by atoms with Crippen LogP contribution in [-0.2, 0) is 9.53 Å². The molecule has 0 unspecified atom stereocenters. The van der Waals surface area contributed by atoms with Gasteiger partial charge in [0.25, 0.3) is 0 Å². The van der Waals surface area contributed by atoms with Gasteiger partial charge in [-0.1, -0.05) is 0 Å². The number of carbonyl (C=O) groups excluding carboxylic acids is 1. The molecule has 0 atom stereocenters. The van der Waals surface area contributed by atoms with Gasteiger partial charge in [-0.15, -0.1) is 0 Å². The van der Waals surface area contributed by atoms with E-state index in [1.165, 1.54) is 0 Å². The summed E-state index contributed by atoms with van der Waals surface area (Å²) in [7, 11) is 1.74. The molecule has 16 heavy (non-hydrogen) atoms. The summed E-state index contributed by atoms with van der Waals surface area (Å²) < 4.78 is 5.06. The summed E-state index contributed by atoms with van der Waals surface area (Å²) >= 11 is 0. The van der Waals surface area contributed by atoms with Crippen molar-refractivity contribution in [2.24, 2.45) is 5.92 Å². The summed E-state index contributed by atoms with van der Waals surface area (Å²) in [6.07, 6.45) is 2.98. The van der Waals surface area contributed by atoms with E-state index in [-0.39, 0.29) is 5.91 Å². The van der Waals surface area contributed by atoms with E-state index in [9.17, 15) is 4.79 Å². The summed E-state index contributed by atoms with van der Waals surface area (Å²) in [4.78, 5) is 13.8. The third-order valence-electron chi connectivity index (χ3n) is 3.17. The molecule has 1 aliphatic rings. The number of nitrogens with one attached hydrogen (secondary N) is 1. The second-order valence-electron chi connectivity index (χ2n) is 4.44. The van der Waals surface area contributed by atoms with Crippen molar-refractivity contribution in [3.8, 4) is 0 Å². The van der Waals surface area contributed by atoms with E-state index in [1.807, 2.05) is 6.92 Å². The molecule has 0 radical (unpaired) electrons. The van der Waals surface area contributed by atoms with Crippen LogP contribution in [0.15, 0.2) is 0 Å². The van der Waals surface area contributed by atoms with E-state index in [1.54, 1.807) is 7.11 Å². The Morgan fingerprint density at radius 1 is 1.44 bits per heavy atom. The van der Waals surface area contributed by atoms with Crippen LogP contribution >= 0.6 is 0 Å². The molecule has 4 heteroatoms. The lowest BCUT2D eigenvalue weighted by Crippen LogP contribution is -2.37. The SMILES string of the molecule is CCNC(=O)CC1CCN(CCOC)CC1. The number of amides is 1. The van der Waals surface area contributed by atoms with Gasteiger partial charge >= 0.3 is 0 Å². The Hall–Kier alpha value is -0.610. The first-order valence-electron chi connectivity index (χ1n) is 6.24. The van der Waals surface area contributed by atoms with Crippen LogP contribution in [0, 0.1) is 5.92 Å². The Bertz CT molecular complexity index is 201. The van der Waals surface area contributed by atoms with Crippen molar-refractivity contribution >= 4 is 5.91 Å².